The van der Waals surface area contributed by atoms with Crippen molar-refractivity contribution in [2.45, 2.75) is 41.5 Å². The Bertz CT molecular complexity index is 300. The Hall–Kier alpha value is 1.95. The smallest absolute Gasteiger partial charge is 0.411 e. The minimum atomic E-state index is 0. The van der Waals surface area contributed by atoms with Crippen LogP contribution in [-0.2, 0) is 57.4 Å². The van der Waals surface area contributed by atoms with E-state index in [1.165, 1.54) is 0 Å². The van der Waals surface area contributed by atoms with Crippen LogP contribution in [0.5, 0.6) is 0 Å². The first-order valence-corrected chi connectivity index (χ1v) is 10.5. The average molecular weight is 533 g/mol. The van der Waals surface area contributed by atoms with Gasteiger partial charge in [-0.25, -0.2) is 0 Å². The maximum Gasteiger partial charge on any atom is 2.00 e. The molecule has 0 aliphatic rings. The quantitative estimate of drug-likeness (QED) is 0.272. The molecule has 0 aromatic carbocycles. The van der Waals surface area contributed by atoms with Crippen molar-refractivity contribution in [3.63, 3.8) is 0 Å². The third kappa shape index (κ3) is 24.0. The molecule has 0 radical (unpaired) electrons. The van der Waals surface area contributed by atoms with Crippen LogP contribution in [0.2, 0.25) is 0 Å². The van der Waals surface area contributed by atoms with E-state index in [4.69, 9.17) is 74.5 Å². The average Bonchev–Trinajstić information content (AvgIpc) is 2.51. The molecule has 0 aromatic heterocycles. The molecule has 0 bridgehead atoms. The molecular formula is C15H30N3NaS6Zn. The summed E-state index contributed by atoms with van der Waals surface area (Å²) in [5.74, 6) is 0. The SMILES string of the molecule is CCN(CC)C(=S)[S-].CCN(CC)C(=S)[S-].CCN(CC)C(=S)[S-].[Na+].[Zn+2]. The predicted octanol–water partition coefficient (Wildman–Crippen LogP) is 0.482. The van der Waals surface area contributed by atoms with Crippen LogP contribution in [0, 0.1) is 0 Å². The van der Waals surface area contributed by atoms with Gasteiger partial charge < -0.3 is 89.2 Å². The van der Waals surface area contributed by atoms with Crippen molar-refractivity contribution in [3.8, 4) is 0 Å². The molecule has 0 aromatic rings. The summed E-state index contributed by atoms with van der Waals surface area (Å²) in [6.45, 7) is 17.8. The van der Waals surface area contributed by atoms with E-state index in [2.05, 4.69) is 0 Å². The molecule has 0 N–H and O–H groups in total. The molecule has 0 amide bonds. The van der Waals surface area contributed by atoms with E-state index in [1.807, 2.05) is 56.2 Å². The standard InChI is InChI=1S/3C5H11NS2.Na.Zn/c3*1-3-6(4-2)5(7)8;;/h3*3-4H2,1-2H3,(H,7,8);;/q;;;+1;+2/p-3. The Balaban J connectivity index is -0.0000000817. The van der Waals surface area contributed by atoms with Crippen LogP contribution in [0.25, 0.3) is 0 Å². The van der Waals surface area contributed by atoms with Crippen molar-refractivity contribution in [1.82, 2.24) is 14.7 Å². The molecule has 26 heavy (non-hydrogen) atoms. The molecule has 0 unspecified atom stereocenters. The van der Waals surface area contributed by atoms with Crippen LogP contribution in [0.1, 0.15) is 41.5 Å². The summed E-state index contributed by atoms with van der Waals surface area (Å²) in [6.07, 6.45) is 0. The van der Waals surface area contributed by atoms with Gasteiger partial charge in [-0.15, -0.1) is 0 Å². The van der Waals surface area contributed by atoms with Gasteiger partial charge in [0.15, 0.2) is 0 Å². The summed E-state index contributed by atoms with van der Waals surface area (Å²) in [5, 5.41) is 0. The Labute approximate surface area is 229 Å². The van der Waals surface area contributed by atoms with Crippen LogP contribution in [-0.4, -0.2) is 66.9 Å². The first-order chi connectivity index (χ1) is 11.2. The molecule has 0 spiro atoms. The second-order valence-corrected chi connectivity index (χ2v) is 7.41. The maximum atomic E-state index is 4.76. The molecule has 144 valence electrons. The summed E-state index contributed by atoms with van der Waals surface area (Å²) in [6, 6.07) is 0. The monoisotopic (exact) mass is 531 g/mol. The van der Waals surface area contributed by atoms with Gasteiger partial charge >= 0.3 is 49.0 Å². The number of hydrogen-bond acceptors (Lipinski definition) is 6. The third-order valence-corrected chi connectivity index (χ3v) is 4.61. The molecule has 0 rings (SSSR count). The molecular weight excluding hydrogens is 503 g/mol. The van der Waals surface area contributed by atoms with Crippen LogP contribution in [0.15, 0.2) is 0 Å². The van der Waals surface area contributed by atoms with Crippen LogP contribution in [0.3, 0.4) is 0 Å². The van der Waals surface area contributed by atoms with E-state index in [-0.39, 0.29) is 49.0 Å². The molecule has 0 fully saturated rings. The minimum Gasteiger partial charge on any atom is -0.411 e. The van der Waals surface area contributed by atoms with Crippen molar-refractivity contribution in [1.29, 1.82) is 0 Å². The summed E-state index contributed by atoms with van der Waals surface area (Å²) < 4.78 is 1.74. The van der Waals surface area contributed by atoms with Crippen molar-refractivity contribution in [3.05, 3.63) is 0 Å². The predicted molar refractivity (Wildman–Crippen MR) is 129 cm³/mol. The summed E-state index contributed by atoms with van der Waals surface area (Å²) in [4.78, 5) is 5.89. The summed E-state index contributed by atoms with van der Waals surface area (Å²) in [5.41, 5.74) is 0. The third-order valence-electron chi connectivity index (χ3n) is 3.06. The minimum absolute atomic E-state index is 0. The van der Waals surface area contributed by atoms with Gasteiger partial charge in [-0.3, -0.25) is 0 Å². The van der Waals surface area contributed by atoms with Gasteiger partial charge in [0.05, 0.1) is 0 Å². The Kier molecular flexibility index (Phi) is 40.0. The number of thiocarbonyl (C=S) groups is 3. The molecule has 0 saturated carbocycles. The first kappa shape index (κ1) is 38.5. The Morgan fingerprint density at radius 2 is 0.654 bits per heavy atom. The topological polar surface area (TPSA) is 9.72 Å². The second kappa shape index (κ2) is 27.0. The van der Waals surface area contributed by atoms with Crippen molar-refractivity contribution in [2.75, 3.05) is 39.3 Å². The van der Waals surface area contributed by atoms with E-state index in [1.54, 1.807) is 0 Å². The zero-order valence-electron chi connectivity index (χ0n) is 17.2. The number of nitrogens with zero attached hydrogens (tertiary/aromatic N) is 3. The van der Waals surface area contributed by atoms with Gasteiger partial charge in [-0.1, -0.05) is 13.0 Å². The first-order valence-electron chi connectivity index (χ1n) is 8.04. The van der Waals surface area contributed by atoms with Gasteiger partial charge in [0.2, 0.25) is 0 Å². The molecule has 0 heterocycles. The molecule has 0 atom stereocenters. The number of rotatable bonds is 6. The van der Waals surface area contributed by atoms with E-state index in [0.29, 0.717) is 13.0 Å². The maximum absolute atomic E-state index is 4.76. The van der Waals surface area contributed by atoms with E-state index < -0.39 is 0 Å². The summed E-state index contributed by atoms with van der Waals surface area (Å²) in [7, 11) is 0. The second-order valence-electron chi connectivity index (χ2n) is 4.31. The van der Waals surface area contributed by atoms with Gasteiger partial charge in [-0.05, 0) is 41.5 Å². The largest absolute Gasteiger partial charge is 2.00 e. The van der Waals surface area contributed by atoms with Crippen LogP contribution in [0.4, 0.5) is 0 Å². The van der Waals surface area contributed by atoms with Gasteiger partial charge in [-0.2, -0.15) is 0 Å². The van der Waals surface area contributed by atoms with Crippen LogP contribution < -0.4 is 29.6 Å². The molecule has 0 aliphatic carbocycles. The zero-order chi connectivity index (χ0) is 19.7. The fourth-order valence-electron chi connectivity index (χ4n) is 1.45. The normalized spacial score (nSPS) is 8.08. The number of hydrogen-bond donors (Lipinski definition) is 0. The zero-order valence-corrected chi connectivity index (χ0v) is 27.1. The fraction of sp³-hybridized carbons (Fsp3) is 0.800. The molecule has 11 heteroatoms. The Morgan fingerprint density at radius 3 is 0.654 bits per heavy atom. The molecule has 0 aliphatic heterocycles. The van der Waals surface area contributed by atoms with Gasteiger partial charge in [0.25, 0.3) is 0 Å². The van der Waals surface area contributed by atoms with E-state index in [9.17, 15) is 0 Å². The van der Waals surface area contributed by atoms with Crippen molar-refractivity contribution < 1.29 is 49.0 Å². The Morgan fingerprint density at radius 1 is 0.538 bits per heavy atom. The van der Waals surface area contributed by atoms with E-state index in [0.717, 1.165) is 39.3 Å². The molecule has 0 saturated heterocycles. The van der Waals surface area contributed by atoms with E-state index >= 15 is 0 Å². The van der Waals surface area contributed by atoms with Crippen LogP contribution >= 0.6 is 36.7 Å². The fourth-order valence-corrected chi connectivity index (χ4v) is 2.99. The van der Waals surface area contributed by atoms with Crippen molar-refractivity contribution in [2.24, 2.45) is 0 Å². The van der Waals surface area contributed by atoms with Crippen molar-refractivity contribution >= 4 is 87.5 Å². The van der Waals surface area contributed by atoms with Gasteiger partial charge in [0, 0.05) is 39.3 Å². The summed E-state index contributed by atoms with van der Waals surface area (Å²) >= 11 is 28.5. The van der Waals surface area contributed by atoms with Gasteiger partial charge in [0.1, 0.15) is 0 Å². The molecule has 3 nitrogen and oxygen atoms in total.